The third kappa shape index (κ3) is 7.79. The van der Waals surface area contributed by atoms with Crippen molar-refractivity contribution in [2.45, 2.75) is 24.3 Å². The van der Waals surface area contributed by atoms with E-state index in [1.54, 1.807) is 11.8 Å². The molecule has 1 aliphatic heterocycles. The number of nitrogens with zero attached hydrogens (tertiary/aromatic N) is 1. The minimum atomic E-state index is -2.88. The lowest BCUT2D eigenvalue weighted by Gasteiger charge is -2.15. The maximum atomic E-state index is 11.5. The molecule has 1 aromatic carbocycles. The number of thioether (sulfide) groups is 1. The molecule has 0 saturated carbocycles. The Morgan fingerprint density at radius 2 is 2.08 bits per heavy atom. The molecule has 0 spiro atoms. The Labute approximate surface area is 170 Å². The highest BCUT2D eigenvalue weighted by atomic mass is 127. The van der Waals surface area contributed by atoms with Crippen molar-refractivity contribution >= 4 is 63.1 Å². The quantitative estimate of drug-likeness (QED) is 0.205. The Balaban J connectivity index is 0.00000288. The maximum Gasteiger partial charge on any atom is 0.191 e. The second-order valence-electron chi connectivity index (χ2n) is 5.31. The SMILES string of the molecule is CCNC(=NCCSc1ccc(Cl)cc1)NC1CCS(=O)(=O)C1.I. The van der Waals surface area contributed by atoms with Crippen molar-refractivity contribution in [3.63, 3.8) is 0 Å². The van der Waals surface area contributed by atoms with Crippen LogP contribution in [0, 0.1) is 0 Å². The zero-order valence-electron chi connectivity index (χ0n) is 13.5. The fraction of sp³-hybridized carbons (Fsp3) is 0.533. The van der Waals surface area contributed by atoms with Gasteiger partial charge in [-0.15, -0.1) is 35.7 Å². The first kappa shape index (κ1) is 21.9. The van der Waals surface area contributed by atoms with E-state index in [4.69, 9.17) is 11.6 Å². The lowest BCUT2D eigenvalue weighted by molar-refractivity contribution is 0.599. The average molecular weight is 504 g/mol. The van der Waals surface area contributed by atoms with Gasteiger partial charge in [0.05, 0.1) is 18.1 Å². The summed E-state index contributed by atoms with van der Waals surface area (Å²) in [4.78, 5) is 5.67. The molecular weight excluding hydrogens is 481 g/mol. The molecule has 0 amide bonds. The minimum Gasteiger partial charge on any atom is -0.357 e. The summed E-state index contributed by atoms with van der Waals surface area (Å²) in [6, 6.07) is 7.69. The minimum absolute atomic E-state index is 0. The summed E-state index contributed by atoms with van der Waals surface area (Å²) in [5.74, 6) is 1.99. The first-order valence-electron chi connectivity index (χ1n) is 7.62. The number of rotatable bonds is 6. The molecule has 1 aliphatic rings. The Morgan fingerprint density at radius 3 is 2.67 bits per heavy atom. The maximum absolute atomic E-state index is 11.5. The van der Waals surface area contributed by atoms with E-state index in [1.165, 1.54) is 0 Å². The van der Waals surface area contributed by atoms with E-state index in [0.717, 1.165) is 22.2 Å². The molecule has 1 saturated heterocycles. The van der Waals surface area contributed by atoms with Gasteiger partial charge in [0, 0.05) is 28.3 Å². The van der Waals surface area contributed by atoms with Gasteiger partial charge in [-0.2, -0.15) is 0 Å². The van der Waals surface area contributed by atoms with E-state index in [1.807, 2.05) is 31.2 Å². The van der Waals surface area contributed by atoms with Crippen LogP contribution < -0.4 is 10.6 Å². The van der Waals surface area contributed by atoms with Crippen LogP contribution in [0.5, 0.6) is 0 Å². The molecular formula is C15H23ClIN3O2S2. The van der Waals surface area contributed by atoms with Gasteiger partial charge in [-0.05, 0) is 37.6 Å². The fourth-order valence-corrected chi connectivity index (χ4v) is 4.82. The van der Waals surface area contributed by atoms with Crippen LogP contribution in [0.4, 0.5) is 0 Å². The second kappa shape index (κ2) is 10.7. The van der Waals surface area contributed by atoms with Crippen molar-refractivity contribution in [2.75, 3.05) is 30.3 Å². The van der Waals surface area contributed by atoms with Crippen LogP contribution in [0.15, 0.2) is 34.2 Å². The normalized spacial score (nSPS) is 19.6. The molecule has 5 nitrogen and oxygen atoms in total. The van der Waals surface area contributed by atoms with Crippen LogP contribution in [0.3, 0.4) is 0 Å². The molecule has 1 aromatic rings. The first-order valence-corrected chi connectivity index (χ1v) is 10.8. The van der Waals surface area contributed by atoms with E-state index >= 15 is 0 Å². The summed E-state index contributed by atoms with van der Waals surface area (Å²) in [6.07, 6.45) is 0.645. The van der Waals surface area contributed by atoms with Crippen molar-refractivity contribution in [1.82, 2.24) is 10.6 Å². The van der Waals surface area contributed by atoms with E-state index in [2.05, 4.69) is 15.6 Å². The summed E-state index contributed by atoms with van der Waals surface area (Å²) in [7, 11) is -2.88. The van der Waals surface area contributed by atoms with Gasteiger partial charge in [0.2, 0.25) is 0 Å². The van der Waals surface area contributed by atoms with Crippen molar-refractivity contribution in [3.05, 3.63) is 29.3 Å². The number of aliphatic imine (C=N–C) groups is 1. The van der Waals surface area contributed by atoms with Gasteiger partial charge in [-0.3, -0.25) is 4.99 Å². The Hall–Kier alpha value is -0.190. The number of hydrogen-bond acceptors (Lipinski definition) is 4. The summed E-state index contributed by atoms with van der Waals surface area (Å²) >= 11 is 7.57. The van der Waals surface area contributed by atoms with Crippen molar-refractivity contribution < 1.29 is 8.42 Å². The predicted molar refractivity (Wildman–Crippen MR) is 114 cm³/mol. The molecule has 0 aliphatic carbocycles. The van der Waals surface area contributed by atoms with Crippen LogP contribution in [0.1, 0.15) is 13.3 Å². The van der Waals surface area contributed by atoms with Crippen LogP contribution >= 0.6 is 47.3 Å². The molecule has 2 N–H and O–H groups in total. The van der Waals surface area contributed by atoms with Crippen LogP contribution in [0.2, 0.25) is 5.02 Å². The summed E-state index contributed by atoms with van der Waals surface area (Å²) in [6.45, 7) is 3.39. The number of hydrogen-bond donors (Lipinski definition) is 2. The third-order valence-electron chi connectivity index (χ3n) is 3.36. The van der Waals surface area contributed by atoms with E-state index < -0.39 is 9.84 Å². The van der Waals surface area contributed by atoms with Crippen LogP contribution in [-0.4, -0.2) is 50.8 Å². The smallest absolute Gasteiger partial charge is 0.191 e. The molecule has 0 aromatic heterocycles. The highest BCUT2D eigenvalue weighted by molar-refractivity contribution is 14.0. The van der Waals surface area contributed by atoms with Gasteiger partial charge >= 0.3 is 0 Å². The molecule has 1 unspecified atom stereocenters. The molecule has 0 bridgehead atoms. The second-order valence-corrected chi connectivity index (χ2v) is 9.14. The summed E-state index contributed by atoms with van der Waals surface area (Å²) in [5.41, 5.74) is 0. The largest absolute Gasteiger partial charge is 0.357 e. The number of nitrogens with one attached hydrogen (secondary N) is 2. The van der Waals surface area contributed by atoms with Crippen LogP contribution in [-0.2, 0) is 9.84 Å². The topological polar surface area (TPSA) is 70.6 Å². The van der Waals surface area contributed by atoms with Crippen molar-refractivity contribution in [2.24, 2.45) is 4.99 Å². The lowest BCUT2D eigenvalue weighted by atomic mass is 10.3. The lowest BCUT2D eigenvalue weighted by Crippen LogP contribution is -2.44. The standard InChI is InChI=1S/C15H22ClN3O2S2.HI/c1-2-17-15(19-13-7-10-23(20,21)11-13)18-8-9-22-14-5-3-12(16)4-6-14;/h3-6,13H,2,7-11H2,1H3,(H2,17,18,19);1H. The Kier molecular flexibility index (Phi) is 9.76. The first-order chi connectivity index (χ1) is 11.0. The Morgan fingerprint density at radius 1 is 1.38 bits per heavy atom. The van der Waals surface area contributed by atoms with Crippen LogP contribution in [0.25, 0.3) is 0 Å². The van der Waals surface area contributed by atoms with Gasteiger partial charge in [0.25, 0.3) is 0 Å². The number of halogens is 2. The average Bonchev–Trinajstić information content (AvgIpc) is 2.84. The highest BCUT2D eigenvalue weighted by Crippen LogP contribution is 2.19. The molecule has 1 atom stereocenters. The van der Waals surface area contributed by atoms with Gasteiger partial charge < -0.3 is 10.6 Å². The number of sulfone groups is 1. The molecule has 136 valence electrons. The molecule has 24 heavy (non-hydrogen) atoms. The van der Waals surface area contributed by atoms with E-state index in [0.29, 0.717) is 18.9 Å². The van der Waals surface area contributed by atoms with Gasteiger partial charge in [0.15, 0.2) is 15.8 Å². The summed E-state index contributed by atoms with van der Waals surface area (Å²) < 4.78 is 23.0. The zero-order chi connectivity index (χ0) is 16.7. The molecule has 1 fully saturated rings. The van der Waals surface area contributed by atoms with E-state index in [9.17, 15) is 8.42 Å². The van der Waals surface area contributed by atoms with Gasteiger partial charge in [-0.25, -0.2) is 8.42 Å². The zero-order valence-corrected chi connectivity index (χ0v) is 18.2. The van der Waals surface area contributed by atoms with Gasteiger partial charge in [0.1, 0.15) is 0 Å². The van der Waals surface area contributed by atoms with Crippen molar-refractivity contribution in [3.8, 4) is 0 Å². The third-order valence-corrected chi connectivity index (χ3v) is 6.37. The van der Waals surface area contributed by atoms with Gasteiger partial charge in [-0.1, -0.05) is 11.6 Å². The Bertz CT molecular complexity index is 639. The molecule has 1 heterocycles. The monoisotopic (exact) mass is 503 g/mol. The summed E-state index contributed by atoms with van der Waals surface area (Å²) in [5, 5.41) is 7.11. The molecule has 2 rings (SSSR count). The molecule has 9 heteroatoms. The fourth-order valence-electron chi connectivity index (χ4n) is 2.27. The number of benzene rings is 1. The van der Waals surface area contributed by atoms with E-state index in [-0.39, 0.29) is 41.5 Å². The highest BCUT2D eigenvalue weighted by Gasteiger charge is 2.28. The molecule has 0 radical (unpaired) electrons. The number of guanidine groups is 1. The predicted octanol–water partition coefficient (Wildman–Crippen LogP) is 2.79. The van der Waals surface area contributed by atoms with Crippen molar-refractivity contribution in [1.29, 1.82) is 0 Å².